The molecule has 0 spiro atoms. The Morgan fingerprint density at radius 3 is 2.71 bits per heavy atom. The van der Waals surface area contributed by atoms with Crippen molar-refractivity contribution in [2.45, 2.75) is 19.4 Å². The van der Waals surface area contributed by atoms with E-state index in [1.165, 1.54) is 12.1 Å². The maximum atomic E-state index is 13.5. The summed E-state index contributed by atoms with van der Waals surface area (Å²) in [6, 6.07) is 11.6. The van der Waals surface area contributed by atoms with Crippen molar-refractivity contribution < 1.29 is 13.9 Å². The van der Waals surface area contributed by atoms with Crippen LogP contribution in [0.1, 0.15) is 17.5 Å². The molecule has 0 unspecified atom stereocenters. The van der Waals surface area contributed by atoms with Crippen LogP contribution in [0.3, 0.4) is 0 Å². The van der Waals surface area contributed by atoms with Gasteiger partial charge in [-0.1, -0.05) is 29.8 Å². The molecule has 2 aromatic rings. The van der Waals surface area contributed by atoms with Crippen molar-refractivity contribution in [1.29, 1.82) is 0 Å². The van der Waals surface area contributed by atoms with E-state index in [9.17, 15) is 9.18 Å². The average Bonchev–Trinajstić information content (AvgIpc) is 2.45. The van der Waals surface area contributed by atoms with E-state index in [4.69, 9.17) is 22.1 Å². The molecular weight excluding hydrogens is 293 g/mol. The smallest absolute Gasteiger partial charge is 0.306 e. The molecule has 2 aromatic carbocycles. The fourth-order valence-corrected chi connectivity index (χ4v) is 2.11. The lowest BCUT2D eigenvalue weighted by Crippen LogP contribution is -2.07. The fraction of sp³-hybridized carbons (Fsp3) is 0.188. The third-order valence-electron chi connectivity index (χ3n) is 3.01. The van der Waals surface area contributed by atoms with E-state index in [2.05, 4.69) is 0 Å². The predicted octanol–water partition coefficient (Wildman–Crippen LogP) is 3.74. The average molecular weight is 308 g/mol. The first-order valence-electron chi connectivity index (χ1n) is 6.49. The van der Waals surface area contributed by atoms with Gasteiger partial charge in [0.05, 0.1) is 5.02 Å². The molecule has 0 aromatic heterocycles. The van der Waals surface area contributed by atoms with Crippen molar-refractivity contribution in [2.24, 2.45) is 0 Å². The standard InChI is InChI=1S/C16H15ClFNO2/c17-14-5-2-6-15(18)13(14)10-21-16(20)8-7-11-3-1-4-12(19)9-11/h1-6,9H,7-8,10,19H2. The Kier molecular flexibility index (Phi) is 5.17. The molecule has 21 heavy (non-hydrogen) atoms. The van der Waals surface area contributed by atoms with Crippen molar-refractivity contribution >= 4 is 23.3 Å². The van der Waals surface area contributed by atoms with Crippen LogP contribution in [-0.4, -0.2) is 5.97 Å². The van der Waals surface area contributed by atoms with E-state index in [0.29, 0.717) is 12.1 Å². The monoisotopic (exact) mass is 307 g/mol. The minimum Gasteiger partial charge on any atom is -0.461 e. The van der Waals surface area contributed by atoms with Crippen molar-refractivity contribution in [1.82, 2.24) is 0 Å². The Balaban J connectivity index is 1.85. The van der Waals surface area contributed by atoms with Gasteiger partial charge in [0.15, 0.2) is 0 Å². The summed E-state index contributed by atoms with van der Waals surface area (Å²) >= 11 is 5.86. The fourth-order valence-electron chi connectivity index (χ4n) is 1.89. The number of anilines is 1. The van der Waals surface area contributed by atoms with E-state index < -0.39 is 11.8 Å². The normalized spacial score (nSPS) is 10.4. The molecule has 0 aliphatic heterocycles. The summed E-state index contributed by atoms with van der Waals surface area (Å²) in [5.74, 6) is -0.886. The maximum absolute atomic E-state index is 13.5. The minimum absolute atomic E-state index is 0.165. The van der Waals surface area contributed by atoms with Crippen molar-refractivity contribution in [2.75, 3.05) is 5.73 Å². The molecule has 0 radical (unpaired) electrons. The number of hydrogen-bond acceptors (Lipinski definition) is 3. The molecule has 5 heteroatoms. The van der Waals surface area contributed by atoms with E-state index in [1.54, 1.807) is 18.2 Å². The summed E-state index contributed by atoms with van der Waals surface area (Å²) in [4.78, 5) is 11.7. The number of nitrogen functional groups attached to an aromatic ring is 1. The van der Waals surface area contributed by atoms with E-state index >= 15 is 0 Å². The molecule has 0 amide bonds. The zero-order valence-electron chi connectivity index (χ0n) is 11.3. The highest BCUT2D eigenvalue weighted by Gasteiger charge is 2.10. The highest BCUT2D eigenvalue weighted by Crippen LogP contribution is 2.20. The predicted molar refractivity (Wildman–Crippen MR) is 80.4 cm³/mol. The minimum atomic E-state index is -0.480. The number of ether oxygens (including phenoxy) is 1. The van der Waals surface area contributed by atoms with Crippen LogP contribution in [-0.2, 0) is 22.6 Å². The van der Waals surface area contributed by atoms with Crippen LogP contribution in [0.25, 0.3) is 0 Å². The molecular formula is C16H15ClFNO2. The molecule has 0 saturated heterocycles. The SMILES string of the molecule is Nc1cccc(CCC(=O)OCc2c(F)cccc2Cl)c1. The Bertz CT molecular complexity index is 626. The van der Waals surface area contributed by atoms with Gasteiger partial charge in [-0.3, -0.25) is 4.79 Å². The van der Waals surface area contributed by atoms with Gasteiger partial charge in [0.25, 0.3) is 0 Å². The Hall–Kier alpha value is -2.07. The summed E-state index contributed by atoms with van der Waals surface area (Å²) < 4.78 is 18.6. The molecule has 110 valence electrons. The Morgan fingerprint density at radius 1 is 1.24 bits per heavy atom. The van der Waals surface area contributed by atoms with Crippen molar-refractivity contribution in [3.8, 4) is 0 Å². The van der Waals surface area contributed by atoms with Crippen LogP contribution in [0.5, 0.6) is 0 Å². The lowest BCUT2D eigenvalue weighted by atomic mass is 10.1. The topological polar surface area (TPSA) is 52.3 Å². The Morgan fingerprint density at radius 2 is 2.00 bits per heavy atom. The van der Waals surface area contributed by atoms with Crippen LogP contribution in [0, 0.1) is 5.82 Å². The zero-order chi connectivity index (χ0) is 15.2. The first-order valence-corrected chi connectivity index (χ1v) is 6.87. The highest BCUT2D eigenvalue weighted by molar-refractivity contribution is 6.31. The maximum Gasteiger partial charge on any atom is 0.306 e. The number of carbonyl (C=O) groups is 1. The summed E-state index contributed by atoms with van der Waals surface area (Å²) in [5.41, 5.74) is 7.46. The Labute approximate surface area is 127 Å². The summed E-state index contributed by atoms with van der Waals surface area (Å²) in [5, 5.41) is 0.249. The van der Waals surface area contributed by atoms with Crippen LogP contribution < -0.4 is 5.73 Å². The molecule has 0 bridgehead atoms. The molecule has 0 aliphatic rings. The molecule has 0 fully saturated rings. The molecule has 0 aliphatic carbocycles. The second-order valence-electron chi connectivity index (χ2n) is 4.61. The number of benzene rings is 2. The van der Waals surface area contributed by atoms with Gasteiger partial charge in [-0.05, 0) is 36.2 Å². The quantitative estimate of drug-likeness (QED) is 0.676. The van der Waals surface area contributed by atoms with Gasteiger partial charge >= 0.3 is 5.97 Å². The number of rotatable bonds is 5. The second-order valence-corrected chi connectivity index (χ2v) is 5.01. The zero-order valence-corrected chi connectivity index (χ0v) is 12.1. The van der Waals surface area contributed by atoms with E-state index in [-0.39, 0.29) is 23.6 Å². The number of aryl methyl sites for hydroxylation is 1. The lowest BCUT2D eigenvalue weighted by Gasteiger charge is -2.08. The third kappa shape index (κ3) is 4.46. The van der Waals surface area contributed by atoms with Crippen LogP contribution >= 0.6 is 11.6 Å². The molecule has 0 heterocycles. The molecule has 2 N–H and O–H groups in total. The molecule has 3 nitrogen and oxygen atoms in total. The van der Waals surface area contributed by atoms with Crippen molar-refractivity contribution in [3.63, 3.8) is 0 Å². The van der Waals surface area contributed by atoms with Gasteiger partial charge in [0, 0.05) is 17.7 Å². The van der Waals surface area contributed by atoms with E-state index in [1.807, 2.05) is 12.1 Å². The van der Waals surface area contributed by atoms with E-state index in [0.717, 1.165) is 5.56 Å². The third-order valence-corrected chi connectivity index (χ3v) is 3.36. The molecule has 2 rings (SSSR count). The number of carbonyl (C=O) groups excluding carboxylic acids is 1. The van der Waals surface area contributed by atoms with Crippen LogP contribution in [0.4, 0.5) is 10.1 Å². The first-order chi connectivity index (χ1) is 10.1. The largest absolute Gasteiger partial charge is 0.461 e. The number of halogens is 2. The summed E-state index contributed by atoms with van der Waals surface area (Å²) in [7, 11) is 0. The number of hydrogen-bond donors (Lipinski definition) is 1. The summed E-state index contributed by atoms with van der Waals surface area (Å²) in [6.07, 6.45) is 0.727. The van der Waals surface area contributed by atoms with Crippen molar-refractivity contribution in [3.05, 3.63) is 64.4 Å². The van der Waals surface area contributed by atoms with Crippen LogP contribution in [0.15, 0.2) is 42.5 Å². The highest BCUT2D eigenvalue weighted by atomic mass is 35.5. The van der Waals surface area contributed by atoms with Gasteiger partial charge in [-0.2, -0.15) is 0 Å². The number of nitrogens with two attached hydrogens (primary N) is 1. The van der Waals surface area contributed by atoms with Crippen LogP contribution in [0.2, 0.25) is 5.02 Å². The first kappa shape index (κ1) is 15.3. The van der Waals surface area contributed by atoms with Gasteiger partial charge in [0.2, 0.25) is 0 Å². The lowest BCUT2D eigenvalue weighted by molar-refractivity contribution is -0.144. The summed E-state index contributed by atoms with van der Waals surface area (Å²) in [6.45, 7) is -0.165. The number of esters is 1. The molecule has 0 atom stereocenters. The van der Waals surface area contributed by atoms with Gasteiger partial charge in [-0.15, -0.1) is 0 Å². The van der Waals surface area contributed by atoms with Gasteiger partial charge in [0.1, 0.15) is 12.4 Å². The molecule has 0 saturated carbocycles. The second kappa shape index (κ2) is 7.09. The van der Waals surface area contributed by atoms with Gasteiger partial charge < -0.3 is 10.5 Å². The van der Waals surface area contributed by atoms with Gasteiger partial charge in [-0.25, -0.2) is 4.39 Å².